The Kier molecular flexibility index (Phi) is 10.4. The first kappa shape index (κ1) is 28.0. The molecule has 0 fully saturated rings. The van der Waals surface area contributed by atoms with Gasteiger partial charge in [-0.3, -0.25) is 0 Å². The summed E-state index contributed by atoms with van der Waals surface area (Å²) in [7, 11) is 5.90. The molecule has 0 spiro atoms. The summed E-state index contributed by atoms with van der Waals surface area (Å²) in [4.78, 5) is 0. The van der Waals surface area contributed by atoms with Crippen LogP contribution in [0.3, 0.4) is 0 Å². The first-order valence-electron chi connectivity index (χ1n) is 12.8. The van der Waals surface area contributed by atoms with Crippen molar-refractivity contribution < 1.29 is 18.9 Å². The highest BCUT2D eigenvalue weighted by Gasteiger charge is 2.17. The van der Waals surface area contributed by atoms with Gasteiger partial charge in [-0.2, -0.15) is 0 Å². The van der Waals surface area contributed by atoms with Crippen molar-refractivity contribution in [1.82, 2.24) is 0 Å². The van der Waals surface area contributed by atoms with Crippen molar-refractivity contribution in [1.29, 1.82) is 0 Å². The maximum absolute atomic E-state index is 5.40. The molecule has 0 unspecified atom stereocenters. The Morgan fingerprint density at radius 3 is 0.763 bits per heavy atom. The van der Waals surface area contributed by atoms with E-state index in [0.717, 1.165) is 48.2 Å². The van der Waals surface area contributed by atoms with Gasteiger partial charge in [0.05, 0.1) is 28.4 Å². The molecule has 0 aliphatic heterocycles. The summed E-state index contributed by atoms with van der Waals surface area (Å²) in [6.45, 7) is 0. The van der Waals surface area contributed by atoms with Gasteiger partial charge in [0, 0.05) is 0 Å². The van der Waals surface area contributed by atoms with E-state index in [0.29, 0.717) is 0 Å². The SMILES string of the molecule is COc1ccc(P(CCCCP(c2ccc(OC)cc2)c2ccc(OC)cc2)c2ccc(OC)cc2)cc1. The largest absolute Gasteiger partial charge is 0.497 e. The molecule has 0 N–H and O–H groups in total. The van der Waals surface area contributed by atoms with Crippen LogP contribution in [0.2, 0.25) is 0 Å². The van der Waals surface area contributed by atoms with Crippen LogP contribution in [0.1, 0.15) is 12.8 Å². The Morgan fingerprint density at radius 1 is 0.368 bits per heavy atom. The molecule has 4 aromatic rings. The zero-order valence-corrected chi connectivity index (χ0v) is 24.4. The molecule has 0 saturated heterocycles. The molecule has 4 aromatic carbocycles. The maximum Gasteiger partial charge on any atom is 0.118 e. The Morgan fingerprint density at radius 2 is 0.579 bits per heavy atom. The summed E-state index contributed by atoms with van der Waals surface area (Å²) in [5.41, 5.74) is 0. The van der Waals surface area contributed by atoms with Gasteiger partial charge in [-0.05, 0) is 111 Å². The molecule has 0 atom stereocenters. The molecule has 0 bridgehead atoms. The first-order valence-corrected chi connectivity index (χ1v) is 15.8. The van der Waals surface area contributed by atoms with Gasteiger partial charge in [0.25, 0.3) is 0 Å². The predicted octanol–water partition coefficient (Wildman–Crippen LogP) is 6.07. The summed E-state index contributed by atoms with van der Waals surface area (Å²) in [5, 5.41) is 5.49. The summed E-state index contributed by atoms with van der Waals surface area (Å²) in [6.07, 6.45) is 4.61. The van der Waals surface area contributed by atoms with Crippen LogP contribution in [-0.2, 0) is 0 Å². The summed E-state index contributed by atoms with van der Waals surface area (Å²) in [6, 6.07) is 34.3. The van der Waals surface area contributed by atoms with Crippen LogP contribution < -0.4 is 40.2 Å². The Balaban J connectivity index is 1.50. The van der Waals surface area contributed by atoms with Gasteiger partial charge in [0.1, 0.15) is 23.0 Å². The molecule has 0 radical (unpaired) electrons. The topological polar surface area (TPSA) is 36.9 Å². The van der Waals surface area contributed by atoms with Gasteiger partial charge in [0.15, 0.2) is 0 Å². The second kappa shape index (κ2) is 14.2. The maximum atomic E-state index is 5.40. The lowest BCUT2D eigenvalue weighted by Gasteiger charge is -2.22. The number of unbranched alkanes of at least 4 members (excludes halogenated alkanes) is 1. The number of hydrogen-bond donors (Lipinski definition) is 0. The van der Waals surface area contributed by atoms with Gasteiger partial charge in [-0.15, -0.1) is 0 Å². The molecular formula is C32H36O4P2. The lowest BCUT2D eigenvalue weighted by molar-refractivity contribution is 0.415. The van der Waals surface area contributed by atoms with Crippen molar-refractivity contribution in [2.45, 2.75) is 12.8 Å². The molecule has 0 heterocycles. The van der Waals surface area contributed by atoms with Crippen LogP contribution in [0.4, 0.5) is 0 Å². The summed E-state index contributed by atoms with van der Waals surface area (Å²) in [5.74, 6) is 3.57. The monoisotopic (exact) mass is 546 g/mol. The smallest absolute Gasteiger partial charge is 0.118 e. The Labute approximate surface area is 229 Å². The standard InChI is InChI=1S/C32H36O4P2/c1-33-25-7-15-29(16-8-25)37(30-17-9-26(34-2)10-18-30)23-5-6-24-38(31-19-11-27(35-3)12-20-31)32-21-13-28(36-4)14-22-32/h7-22H,5-6,23-24H2,1-4H3. The number of ether oxygens (including phenoxy) is 4. The molecule has 0 saturated carbocycles. The molecule has 4 rings (SSSR count). The molecule has 198 valence electrons. The molecule has 0 aliphatic carbocycles. The number of rotatable bonds is 13. The van der Waals surface area contributed by atoms with Crippen molar-refractivity contribution in [3.8, 4) is 23.0 Å². The fraction of sp³-hybridized carbons (Fsp3) is 0.250. The summed E-state index contributed by atoms with van der Waals surface area (Å²) >= 11 is 0. The third-order valence-electron chi connectivity index (χ3n) is 6.55. The number of benzene rings is 4. The van der Waals surface area contributed by atoms with Gasteiger partial charge in [0.2, 0.25) is 0 Å². The van der Waals surface area contributed by atoms with E-state index in [1.165, 1.54) is 21.2 Å². The zero-order valence-electron chi connectivity index (χ0n) is 22.6. The highest BCUT2D eigenvalue weighted by molar-refractivity contribution is 7.73. The van der Waals surface area contributed by atoms with Crippen molar-refractivity contribution in [2.75, 3.05) is 40.8 Å². The van der Waals surface area contributed by atoms with Crippen LogP contribution in [0, 0.1) is 0 Å². The fourth-order valence-electron chi connectivity index (χ4n) is 4.40. The lowest BCUT2D eigenvalue weighted by atomic mass is 10.3. The number of hydrogen-bond acceptors (Lipinski definition) is 4. The third-order valence-corrected chi connectivity index (χ3v) is 11.8. The molecule has 38 heavy (non-hydrogen) atoms. The second-order valence-corrected chi connectivity index (χ2v) is 13.5. The first-order chi connectivity index (χ1) is 18.6. The fourth-order valence-corrected chi connectivity index (χ4v) is 9.15. The minimum atomic E-state index is -0.475. The van der Waals surface area contributed by atoms with Crippen molar-refractivity contribution >= 4 is 37.1 Å². The van der Waals surface area contributed by atoms with Gasteiger partial charge in [-0.25, -0.2) is 0 Å². The highest BCUT2D eigenvalue weighted by Crippen LogP contribution is 2.39. The Hall–Kier alpha value is -3.06. The molecular weight excluding hydrogens is 510 g/mol. The molecule has 4 nitrogen and oxygen atoms in total. The minimum Gasteiger partial charge on any atom is -0.497 e. The van der Waals surface area contributed by atoms with Crippen molar-refractivity contribution in [3.63, 3.8) is 0 Å². The van der Waals surface area contributed by atoms with Crippen molar-refractivity contribution in [3.05, 3.63) is 97.1 Å². The van der Waals surface area contributed by atoms with Crippen LogP contribution >= 0.6 is 15.8 Å². The van der Waals surface area contributed by atoms with E-state index in [4.69, 9.17) is 18.9 Å². The van der Waals surface area contributed by atoms with E-state index >= 15 is 0 Å². The van der Waals surface area contributed by atoms with Crippen LogP contribution in [0.15, 0.2) is 97.1 Å². The normalized spacial score (nSPS) is 11.0. The quantitative estimate of drug-likeness (QED) is 0.151. The van der Waals surface area contributed by atoms with Gasteiger partial charge >= 0.3 is 0 Å². The van der Waals surface area contributed by atoms with E-state index in [1.807, 2.05) is 0 Å². The van der Waals surface area contributed by atoms with Crippen molar-refractivity contribution in [2.24, 2.45) is 0 Å². The molecule has 0 aromatic heterocycles. The Bertz CT molecular complexity index is 1040. The van der Waals surface area contributed by atoms with Gasteiger partial charge in [-0.1, -0.05) is 48.5 Å². The molecule has 0 aliphatic rings. The zero-order chi connectivity index (χ0) is 26.7. The van der Waals surface area contributed by atoms with Crippen LogP contribution in [0.5, 0.6) is 23.0 Å². The second-order valence-electron chi connectivity index (χ2n) is 8.80. The molecule has 6 heteroatoms. The highest BCUT2D eigenvalue weighted by atomic mass is 31.1. The van der Waals surface area contributed by atoms with E-state index < -0.39 is 15.8 Å². The predicted molar refractivity (Wildman–Crippen MR) is 163 cm³/mol. The van der Waals surface area contributed by atoms with Crippen LogP contribution in [-0.4, -0.2) is 40.8 Å². The third kappa shape index (κ3) is 7.28. The van der Waals surface area contributed by atoms with E-state index in [1.54, 1.807) is 28.4 Å². The van der Waals surface area contributed by atoms with E-state index in [9.17, 15) is 0 Å². The average molecular weight is 547 g/mol. The minimum absolute atomic E-state index is 0.475. The van der Waals surface area contributed by atoms with Crippen LogP contribution in [0.25, 0.3) is 0 Å². The molecule has 0 amide bonds. The lowest BCUT2D eigenvalue weighted by Crippen LogP contribution is -2.16. The van der Waals surface area contributed by atoms with E-state index in [2.05, 4.69) is 97.1 Å². The summed E-state index contributed by atoms with van der Waals surface area (Å²) < 4.78 is 21.6. The van der Waals surface area contributed by atoms with Gasteiger partial charge < -0.3 is 18.9 Å². The number of methoxy groups -OCH3 is 4. The van der Waals surface area contributed by atoms with E-state index in [-0.39, 0.29) is 0 Å². The average Bonchev–Trinajstić information content (AvgIpc) is 2.99.